The Balaban J connectivity index is 1.51. The van der Waals surface area contributed by atoms with Gasteiger partial charge in [-0.2, -0.15) is 0 Å². The second-order valence-electron chi connectivity index (χ2n) is 6.24. The summed E-state index contributed by atoms with van der Waals surface area (Å²) in [5.41, 5.74) is 0. The molecule has 0 bridgehead atoms. The number of hydrogen-bond acceptors (Lipinski definition) is 5. The Morgan fingerprint density at radius 3 is 3.04 bits per heavy atom. The lowest BCUT2D eigenvalue weighted by Gasteiger charge is -2.24. The zero-order valence-electron chi connectivity index (χ0n) is 14.0. The second-order valence-corrected chi connectivity index (χ2v) is 8.58. The van der Waals surface area contributed by atoms with Gasteiger partial charge >= 0.3 is 0 Å². The number of nitrogens with zero attached hydrogens (tertiary/aromatic N) is 3. The van der Waals surface area contributed by atoms with Gasteiger partial charge in [0, 0.05) is 17.5 Å². The van der Waals surface area contributed by atoms with Gasteiger partial charge in [0.05, 0.1) is 5.25 Å². The summed E-state index contributed by atoms with van der Waals surface area (Å²) in [6.07, 6.45) is 8.69. The smallest absolute Gasteiger partial charge is 0.233 e. The van der Waals surface area contributed by atoms with Gasteiger partial charge in [0.1, 0.15) is 6.33 Å². The Morgan fingerprint density at radius 1 is 1.46 bits per heavy atom. The van der Waals surface area contributed by atoms with E-state index in [9.17, 15) is 4.79 Å². The van der Waals surface area contributed by atoms with Crippen LogP contribution in [0.2, 0.25) is 0 Å². The topological polar surface area (TPSA) is 59.8 Å². The van der Waals surface area contributed by atoms with Gasteiger partial charge in [-0.15, -0.1) is 21.5 Å². The number of aromatic nitrogens is 3. The van der Waals surface area contributed by atoms with Crippen LogP contribution in [0.5, 0.6) is 0 Å². The molecular formula is C17H24N4OS2. The molecule has 1 saturated carbocycles. The summed E-state index contributed by atoms with van der Waals surface area (Å²) < 4.78 is 2.04. The zero-order valence-corrected chi connectivity index (χ0v) is 15.6. The summed E-state index contributed by atoms with van der Waals surface area (Å²) in [5, 5.41) is 14.1. The maximum Gasteiger partial charge on any atom is 0.233 e. The maximum absolute atomic E-state index is 12.4. The average molecular weight is 365 g/mol. The van der Waals surface area contributed by atoms with E-state index in [1.165, 1.54) is 35.9 Å². The number of thiophene rings is 1. The van der Waals surface area contributed by atoms with Crippen molar-refractivity contribution in [3.63, 3.8) is 0 Å². The fourth-order valence-corrected chi connectivity index (χ4v) is 4.51. The molecule has 1 atom stereocenters. The van der Waals surface area contributed by atoms with Gasteiger partial charge in [0.15, 0.2) is 5.16 Å². The van der Waals surface area contributed by atoms with Crippen LogP contribution in [0.15, 0.2) is 29.0 Å². The largest absolute Gasteiger partial charge is 0.352 e. The molecule has 0 radical (unpaired) electrons. The third-order valence-corrected chi connectivity index (χ3v) is 6.39. The molecule has 1 aliphatic rings. The molecule has 2 aromatic rings. The standard InChI is InChI=1S/C17H24N4OS2/c1-13(16(22)19-14-6-3-2-4-7-14)24-17-20-18-12-21(17)10-9-15-8-5-11-23-15/h5,8,11-14H,2-4,6-7,9-10H2,1H3,(H,19,22). The van der Waals surface area contributed by atoms with Gasteiger partial charge in [-0.25, -0.2) is 0 Å². The number of nitrogens with one attached hydrogen (secondary N) is 1. The minimum atomic E-state index is -0.156. The lowest BCUT2D eigenvalue weighted by Crippen LogP contribution is -2.40. The fraction of sp³-hybridized carbons (Fsp3) is 0.588. The van der Waals surface area contributed by atoms with Crippen LogP contribution in [-0.4, -0.2) is 32.0 Å². The third kappa shape index (κ3) is 4.83. The lowest BCUT2D eigenvalue weighted by molar-refractivity contribution is -0.121. The number of carbonyl (C=O) groups excluding carboxylic acids is 1. The van der Waals surface area contributed by atoms with Gasteiger partial charge in [-0.1, -0.05) is 37.1 Å². The number of hydrogen-bond donors (Lipinski definition) is 1. The maximum atomic E-state index is 12.4. The first-order chi connectivity index (χ1) is 11.7. The highest BCUT2D eigenvalue weighted by atomic mass is 32.2. The molecule has 0 aliphatic heterocycles. The zero-order chi connectivity index (χ0) is 16.8. The molecule has 1 N–H and O–H groups in total. The first-order valence-corrected chi connectivity index (χ1v) is 10.4. The van der Waals surface area contributed by atoms with E-state index in [1.807, 2.05) is 11.5 Å². The minimum absolute atomic E-state index is 0.111. The summed E-state index contributed by atoms with van der Waals surface area (Å²) >= 11 is 3.26. The van der Waals surface area contributed by atoms with Crippen molar-refractivity contribution in [1.82, 2.24) is 20.1 Å². The van der Waals surface area contributed by atoms with Crippen molar-refractivity contribution < 1.29 is 4.79 Å². The summed E-state index contributed by atoms with van der Waals surface area (Å²) in [6.45, 7) is 2.79. The molecular weight excluding hydrogens is 340 g/mol. The minimum Gasteiger partial charge on any atom is -0.352 e. The molecule has 24 heavy (non-hydrogen) atoms. The summed E-state index contributed by atoms with van der Waals surface area (Å²) in [5.74, 6) is 0.111. The van der Waals surface area contributed by atoms with Gasteiger partial charge in [-0.05, 0) is 37.6 Å². The van der Waals surface area contributed by atoms with Crippen LogP contribution in [0.25, 0.3) is 0 Å². The van der Waals surface area contributed by atoms with Crippen molar-refractivity contribution in [3.8, 4) is 0 Å². The highest BCUT2D eigenvalue weighted by Gasteiger charge is 2.22. The highest BCUT2D eigenvalue weighted by molar-refractivity contribution is 8.00. The molecule has 5 nitrogen and oxygen atoms in total. The Hall–Kier alpha value is -1.34. The van der Waals surface area contributed by atoms with E-state index in [-0.39, 0.29) is 11.2 Å². The van der Waals surface area contributed by atoms with Crippen LogP contribution < -0.4 is 5.32 Å². The van der Waals surface area contributed by atoms with Gasteiger partial charge < -0.3 is 9.88 Å². The SMILES string of the molecule is CC(Sc1nncn1CCc1cccs1)C(=O)NC1CCCCC1. The number of aryl methyl sites for hydroxylation is 2. The number of amides is 1. The molecule has 2 aromatic heterocycles. The average Bonchev–Trinajstić information content (AvgIpc) is 3.25. The molecule has 1 fully saturated rings. The lowest BCUT2D eigenvalue weighted by atomic mass is 9.95. The summed E-state index contributed by atoms with van der Waals surface area (Å²) in [4.78, 5) is 13.8. The number of carbonyl (C=O) groups is 1. The predicted molar refractivity (Wildman–Crippen MR) is 98.4 cm³/mol. The molecule has 0 spiro atoms. The van der Waals surface area contributed by atoms with Crippen LogP contribution in [-0.2, 0) is 17.8 Å². The monoisotopic (exact) mass is 364 g/mol. The van der Waals surface area contributed by atoms with Crippen LogP contribution in [0.1, 0.15) is 43.9 Å². The molecule has 130 valence electrons. The van der Waals surface area contributed by atoms with Crippen LogP contribution in [0, 0.1) is 0 Å². The van der Waals surface area contributed by atoms with Crippen molar-refractivity contribution in [1.29, 1.82) is 0 Å². The summed E-state index contributed by atoms with van der Waals surface area (Å²) in [7, 11) is 0. The van der Waals surface area contributed by atoms with E-state index in [0.717, 1.165) is 31.0 Å². The molecule has 2 heterocycles. The molecule has 1 aliphatic carbocycles. The van der Waals surface area contributed by atoms with Gasteiger partial charge in [0.25, 0.3) is 0 Å². The van der Waals surface area contributed by atoms with E-state index in [4.69, 9.17) is 0 Å². The van der Waals surface area contributed by atoms with Crippen molar-refractivity contribution >= 4 is 29.0 Å². The van der Waals surface area contributed by atoms with Crippen LogP contribution in [0.3, 0.4) is 0 Å². The predicted octanol–water partition coefficient (Wildman–Crippen LogP) is 3.51. The molecule has 0 saturated heterocycles. The Bertz CT molecular complexity index is 635. The Kier molecular flexibility index (Phi) is 6.31. The van der Waals surface area contributed by atoms with E-state index in [1.54, 1.807) is 17.7 Å². The van der Waals surface area contributed by atoms with Crippen molar-refractivity contribution in [2.75, 3.05) is 0 Å². The van der Waals surface area contributed by atoms with Crippen LogP contribution >= 0.6 is 23.1 Å². The fourth-order valence-electron chi connectivity index (χ4n) is 2.95. The van der Waals surface area contributed by atoms with E-state index in [2.05, 4.69) is 33.0 Å². The van der Waals surface area contributed by atoms with Gasteiger partial charge in [-0.3, -0.25) is 4.79 Å². The van der Waals surface area contributed by atoms with Crippen LogP contribution in [0.4, 0.5) is 0 Å². The molecule has 1 amide bonds. The first-order valence-electron chi connectivity index (χ1n) is 8.59. The molecule has 1 unspecified atom stereocenters. The quantitative estimate of drug-likeness (QED) is 0.764. The van der Waals surface area contributed by atoms with Crippen molar-refractivity contribution in [2.45, 2.75) is 68.4 Å². The third-order valence-electron chi connectivity index (χ3n) is 4.36. The summed E-state index contributed by atoms with van der Waals surface area (Å²) in [6, 6.07) is 4.56. The molecule has 7 heteroatoms. The van der Waals surface area contributed by atoms with E-state index in [0.29, 0.717) is 6.04 Å². The van der Waals surface area contributed by atoms with E-state index >= 15 is 0 Å². The number of thioether (sulfide) groups is 1. The molecule has 0 aromatic carbocycles. The normalized spacial score (nSPS) is 16.9. The van der Waals surface area contributed by atoms with Crippen molar-refractivity contribution in [2.24, 2.45) is 0 Å². The Labute approximate surface area is 151 Å². The Morgan fingerprint density at radius 2 is 2.29 bits per heavy atom. The van der Waals surface area contributed by atoms with Crippen molar-refractivity contribution in [3.05, 3.63) is 28.7 Å². The second kappa shape index (κ2) is 8.67. The van der Waals surface area contributed by atoms with E-state index < -0.39 is 0 Å². The van der Waals surface area contributed by atoms with Gasteiger partial charge in [0.2, 0.25) is 5.91 Å². The molecule has 3 rings (SSSR count). The highest BCUT2D eigenvalue weighted by Crippen LogP contribution is 2.23. The first kappa shape index (κ1) is 17.5. The number of rotatable bonds is 7.